The van der Waals surface area contributed by atoms with Gasteiger partial charge in [-0.2, -0.15) is 0 Å². The van der Waals surface area contributed by atoms with Crippen LogP contribution in [-0.4, -0.2) is 31.6 Å². The number of aryl methyl sites for hydroxylation is 2. The summed E-state index contributed by atoms with van der Waals surface area (Å²) >= 11 is 0. The van der Waals surface area contributed by atoms with Gasteiger partial charge >= 0.3 is 5.97 Å². The van der Waals surface area contributed by atoms with Gasteiger partial charge in [-0.15, -0.1) is 0 Å². The van der Waals surface area contributed by atoms with Crippen LogP contribution in [0.2, 0.25) is 18.1 Å². The average molecular weight is 485 g/mol. The Kier molecular flexibility index (Phi) is 7.85. The van der Waals surface area contributed by atoms with E-state index in [0.717, 1.165) is 27.8 Å². The summed E-state index contributed by atoms with van der Waals surface area (Å²) in [4.78, 5) is 11.7. The predicted octanol–water partition coefficient (Wildman–Crippen LogP) is 6.71. The first kappa shape index (κ1) is 26.3. The molecule has 4 nitrogen and oxygen atoms in total. The molecule has 0 aliphatic carbocycles. The van der Waals surface area contributed by atoms with Crippen LogP contribution in [0.4, 0.5) is 4.39 Å². The molecule has 1 fully saturated rings. The van der Waals surface area contributed by atoms with E-state index in [2.05, 4.69) is 46.0 Å². The molecular formula is C28H37FO4Si. The largest absolute Gasteiger partial charge is 0.458 e. The fourth-order valence-electron chi connectivity index (χ4n) is 3.90. The number of benzene rings is 2. The fourth-order valence-corrected chi connectivity index (χ4v) is 4.85. The summed E-state index contributed by atoms with van der Waals surface area (Å²) in [5.41, 5.74) is 5.57. The highest BCUT2D eigenvalue weighted by atomic mass is 28.4. The molecule has 2 aromatic rings. The molecule has 184 valence electrons. The Hall–Kier alpha value is -2.28. The predicted molar refractivity (Wildman–Crippen MR) is 137 cm³/mol. The maximum absolute atomic E-state index is 14.7. The summed E-state index contributed by atoms with van der Waals surface area (Å²) in [6.07, 6.45) is 3.03. The van der Waals surface area contributed by atoms with Gasteiger partial charge in [-0.1, -0.05) is 50.6 Å². The lowest BCUT2D eigenvalue weighted by molar-refractivity contribution is -0.156. The van der Waals surface area contributed by atoms with Crippen LogP contribution in [0.15, 0.2) is 36.4 Å². The molecule has 1 aliphatic heterocycles. The Bertz CT molecular complexity index is 1080. The van der Waals surface area contributed by atoms with Crippen molar-refractivity contribution >= 4 is 20.4 Å². The number of aliphatic hydroxyl groups is 1. The van der Waals surface area contributed by atoms with E-state index in [-0.39, 0.29) is 29.9 Å². The molecule has 1 saturated heterocycles. The Balaban J connectivity index is 1.94. The maximum Gasteiger partial charge on any atom is 0.309 e. The van der Waals surface area contributed by atoms with Gasteiger partial charge in [0.2, 0.25) is 0 Å². The molecule has 1 aliphatic rings. The highest BCUT2D eigenvalue weighted by Crippen LogP contribution is 2.38. The van der Waals surface area contributed by atoms with Gasteiger partial charge in [0.1, 0.15) is 11.9 Å². The highest BCUT2D eigenvalue weighted by molar-refractivity contribution is 6.74. The van der Waals surface area contributed by atoms with Crippen molar-refractivity contribution in [3.8, 4) is 11.1 Å². The Morgan fingerprint density at radius 1 is 1.21 bits per heavy atom. The van der Waals surface area contributed by atoms with Crippen LogP contribution < -0.4 is 0 Å². The van der Waals surface area contributed by atoms with E-state index in [1.54, 1.807) is 6.07 Å². The minimum Gasteiger partial charge on any atom is -0.458 e. The van der Waals surface area contributed by atoms with Gasteiger partial charge in [0.15, 0.2) is 8.32 Å². The molecular weight excluding hydrogens is 447 g/mol. The third-order valence-electron chi connectivity index (χ3n) is 6.95. The van der Waals surface area contributed by atoms with E-state index in [1.807, 2.05) is 32.1 Å². The fraction of sp³-hybridized carbons (Fsp3) is 0.464. The zero-order valence-corrected chi connectivity index (χ0v) is 22.4. The summed E-state index contributed by atoms with van der Waals surface area (Å²) < 4.78 is 26.4. The summed E-state index contributed by atoms with van der Waals surface area (Å²) in [7, 11) is -2.02. The molecule has 0 saturated carbocycles. The third kappa shape index (κ3) is 6.23. The molecule has 0 bridgehead atoms. The first-order chi connectivity index (χ1) is 15.8. The van der Waals surface area contributed by atoms with Crippen molar-refractivity contribution in [1.82, 2.24) is 0 Å². The molecule has 0 aromatic heterocycles. The Labute approximate surface area is 203 Å². The molecule has 3 rings (SSSR count). The number of carbonyl (C=O) groups excluding carboxylic acids is 1. The van der Waals surface area contributed by atoms with Crippen LogP contribution in [-0.2, 0) is 20.6 Å². The summed E-state index contributed by atoms with van der Waals surface area (Å²) in [5.74, 6) is -0.661. The van der Waals surface area contributed by atoms with Crippen molar-refractivity contribution in [2.45, 2.75) is 84.4 Å². The second-order valence-corrected chi connectivity index (χ2v) is 15.7. The second kappa shape index (κ2) is 10.1. The normalized spacial score (nSPS) is 19.5. The minimum absolute atomic E-state index is 0.0362. The van der Waals surface area contributed by atoms with Crippen molar-refractivity contribution in [2.24, 2.45) is 0 Å². The zero-order valence-electron chi connectivity index (χ0n) is 21.4. The van der Waals surface area contributed by atoms with Crippen LogP contribution in [0.3, 0.4) is 0 Å². The molecule has 0 spiro atoms. The van der Waals surface area contributed by atoms with Gasteiger partial charge in [-0.3, -0.25) is 4.79 Å². The first-order valence-corrected chi connectivity index (χ1v) is 14.8. The number of hydrogen-bond acceptors (Lipinski definition) is 4. The number of rotatable bonds is 6. The van der Waals surface area contributed by atoms with Crippen LogP contribution in [0.1, 0.15) is 55.9 Å². The number of hydrogen-bond donors (Lipinski definition) is 1. The maximum atomic E-state index is 14.7. The van der Waals surface area contributed by atoms with Gasteiger partial charge in [0.25, 0.3) is 0 Å². The quantitative estimate of drug-likeness (QED) is 0.366. The molecule has 0 unspecified atom stereocenters. The standard InChI is InChI=1S/C28H37FO4Si/c1-18-12-19(2)24(10-9-23-15-22(30)16-27(31)33-23)25(13-18)20-8-11-26(29)21(14-20)17-32-34(6,7)28(3,4)5/h8-14,22-23,30H,15-17H2,1-7H3/t22-,23-/m0/s1. The lowest BCUT2D eigenvalue weighted by atomic mass is 9.92. The Morgan fingerprint density at radius 3 is 2.56 bits per heavy atom. The van der Waals surface area contributed by atoms with Crippen LogP contribution in [0, 0.1) is 19.7 Å². The number of halogens is 1. The van der Waals surface area contributed by atoms with Gasteiger partial charge < -0.3 is 14.3 Å². The van der Waals surface area contributed by atoms with Crippen molar-refractivity contribution in [3.05, 3.63) is 64.5 Å². The number of ether oxygens (including phenoxy) is 1. The van der Waals surface area contributed by atoms with Crippen LogP contribution in [0.25, 0.3) is 17.2 Å². The van der Waals surface area contributed by atoms with E-state index < -0.39 is 20.5 Å². The second-order valence-electron chi connectivity index (χ2n) is 10.9. The van der Waals surface area contributed by atoms with Crippen molar-refractivity contribution < 1.29 is 23.5 Å². The average Bonchev–Trinajstić information content (AvgIpc) is 2.70. The first-order valence-electron chi connectivity index (χ1n) is 11.9. The van der Waals surface area contributed by atoms with Crippen LogP contribution >= 0.6 is 0 Å². The number of carbonyl (C=O) groups is 1. The van der Waals surface area contributed by atoms with E-state index in [9.17, 15) is 14.3 Å². The molecule has 6 heteroatoms. The molecule has 0 radical (unpaired) electrons. The molecule has 2 atom stereocenters. The van der Waals surface area contributed by atoms with Gasteiger partial charge in [-0.05, 0) is 72.4 Å². The monoisotopic (exact) mass is 484 g/mol. The minimum atomic E-state index is -2.02. The van der Waals surface area contributed by atoms with E-state index >= 15 is 0 Å². The van der Waals surface area contributed by atoms with Gasteiger partial charge in [-0.25, -0.2) is 4.39 Å². The number of cyclic esters (lactones) is 1. The van der Waals surface area contributed by atoms with E-state index in [0.29, 0.717) is 12.0 Å². The number of esters is 1. The lowest BCUT2D eigenvalue weighted by Crippen LogP contribution is -2.40. The van der Waals surface area contributed by atoms with Crippen molar-refractivity contribution in [3.63, 3.8) is 0 Å². The van der Waals surface area contributed by atoms with Gasteiger partial charge in [0, 0.05) is 12.0 Å². The summed E-state index contributed by atoms with van der Waals surface area (Å²) in [6, 6.07) is 9.35. The molecule has 2 aromatic carbocycles. The topological polar surface area (TPSA) is 55.8 Å². The SMILES string of the molecule is Cc1cc(C)c(C=C[C@H]2C[C@H](O)CC(=O)O2)c(-c2ccc(F)c(CO[Si](C)(C)C(C)(C)C)c2)c1. The van der Waals surface area contributed by atoms with Crippen molar-refractivity contribution in [2.75, 3.05) is 0 Å². The summed E-state index contributed by atoms with van der Waals surface area (Å²) in [6.45, 7) is 15.1. The lowest BCUT2D eigenvalue weighted by Gasteiger charge is -2.36. The third-order valence-corrected chi connectivity index (χ3v) is 11.4. The highest BCUT2D eigenvalue weighted by Gasteiger charge is 2.37. The molecule has 1 N–H and O–H groups in total. The van der Waals surface area contributed by atoms with E-state index in [1.165, 1.54) is 6.07 Å². The van der Waals surface area contributed by atoms with E-state index in [4.69, 9.17) is 9.16 Å². The Morgan fingerprint density at radius 2 is 1.91 bits per heavy atom. The van der Waals surface area contributed by atoms with Gasteiger partial charge in [0.05, 0.1) is 19.1 Å². The molecule has 0 amide bonds. The van der Waals surface area contributed by atoms with Crippen LogP contribution in [0.5, 0.6) is 0 Å². The molecule has 1 heterocycles. The zero-order chi connectivity index (χ0) is 25.3. The smallest absolute Gasteiger partial charge is 0.309 e. The molecule has 34 heavy (non-hydrogen) atoms. The van der Waals surface area contributed by atoms with Crippen molar-refractivity contribution in [1.29, 1.82) is 0 Å². The summed E-state index contributed by atoms with van der Waals surface area (Å²) in [5, 5.41) is 9.95. The number of aliphatic hydroxyl groups excluding tert-OH is 1.